The minimum Gasteiger partial charge on any atom is -0.339 e. The summed E-state index contributed by atoms with van der Waals surface area (Å²) in [6.45, 7) is 1.59. The molecule has 6 heteroatoms. The van der Waals surface area contributed by atoms with Crippen molar-refractivity contribution in [1.29, 1.82) is 5.26 Å². The van der Waals surface area contributed by atoms with E-state index in [2.05, 4.69) is 10.4 Å². The Bertz CT molecular complexity index is 657. The lowest BCUT2D eigenvalue weighted by Gasteiger charge is -2.06. The van der Waals surface area contributed by atoms with Crippen LogP contribution in [0.15, 0.2) is 30.5 Å². The van der Waals surface area contributed by atoms with Crippen LogP contribution in [0.25, 0.3) is 5.69 Å². The maximum atomic E-state index is 13.7. The highest BCUT2D eigenvalue weighted by Gasteiger charge is 2.16. The third-order valence-electron chi connectivity index (χ3n) is 2.66. The molecule has 96 valence electrons. The van der Waals surface area contributed by atoms with Crippen molar-refractivity contribution in [2.75, 3.05) is 6.54 Å². The molecule has 0 aliphatic rings. The van der Waals surface area contributed by atoms with Crippen LogP contribution in [0, 0.1) is 24.1 Å². The Hall–Kier alpha value is -2.68. The topological polar surface area (TPSA) is 70.7 Å². The maximum absolute atomic E-state index is 13.7. The lowest BCUT2D eigenvalue weighted by atomic mass is 10.2. The first-order valence-corrected chi connectivity index (χ1v) is 5.60. The fourth-order valence-corrected chi connectivity index (χ4v) is 1.71. The van der Waals surface area contributed by atoms with Gasteiger partial charge >= 0.3 is 0 Å². The molecule has 1 amide bonds. The molecule has 0 fully saturated rings. The van der Waals surface area contributed by atoms with E-state index in [1.54, 1.807) is 25.1 Å². The molecular weight excluding hydrogens is 247 g/mol. The van der Waals surface area contributed by atoms with Crippen molar-refractivity contribution < 1.29 is 9.18 Å². The third kappa shape index (κ3) is 2.45. The molecule has 0 atom stereocenters. The van der Waals surface area contributed by atoms with E-state index >= 15 is 0 Å². The molecule has 1 aromatic heterocycles. The molecule has 1 aromatic carbocycles. The normalized spacial score (nSPS) is 9.95. The highest BCUT2D eigenvalue weighted by Crippen LogP contribution is 2.16. The highest BCUT2D eigenvalue weighted by atomic mass is 19.1. The van der Waals surface area contributed by atoms with Crippen molar-refractivity contribution in [1.82, 2.24) is 15.1 Å². The summed E-state index contributed by atoms with van der Waals surface area (Å²) in [5.74, 6) is -0.820. The van der Waals surface area contributed by atoms with Gasteiger partial charge in [-0.25, -0.2) is 9.07 Å². The van der Waals surface area contributed by atoms with Crippen LogP contribution in [0.3, 0.4) is 0 Å². The highest BCUT2D eigenvalue weighted by molar-refractivity contribution is 5.95. The summed E-state index contributed by atoms with van der Waals surface area (Å²) in [6.07, 6.45) is 1.36. The third-order valence-corrected chi connectivity index (χ3v) is 2.66. The van der Waals surface area contributed by atoms with E-state index < -0.39 is 11.7 Å². The van der Waals surface area contributed by atoms with E-state index in [-0.39, 0.29) is 12.2 Å². The van der Waals surface area contributed by atoms with E-state index in [1.165, 1.54) is 16.9 Å². The molecule has 1 heterocycles. The van der Waals surface area contributed by atoms with Crippen LogP contribution in [-0.4, -0.2) is 22.2 Å². The summed E-state index contributed by atoms with van der Waals surface area (Å²) in [6, 6.07) is 7.99. The molecule has 0 spiro atoms. The van der Waals surface area contributed by atoms with E-state index in [0.29, 0.717) is 11.3 Å². The minimum atomic E-state index is -0.419. The summed E-state index contributed by atoms with van der Waals surface area (Å²) >= 11 is 0. The van der Waals surface area contributed by atoms with E-state index in [1.807, 2.05) is 6.07 Å². The standard InChI is InChI=1S/C13H11FN4O/c1-9-10(13(19)16-7-6-15)8-17-18(9)12-5-3-2-4-11(12)14/h2-5,8H,7H2,1H3,(H,16,19). The summed E-state index contributed by atoms with van der Waals surface area (Å²) in [7, 11) is 0. The van der Waals surface area contributed by atoms with Gasteiger partial charge in [0.1, 0.15) is 18.0 Å². The summed E-state index contributed by atoms with van der Waals surface area (Å²) in [5.41, 5.74) is 1.11. The number of aromatic nitrogens is 2. The number of para-hydroxylation sites is 1. The SMILES string of the molecule is Cc1c(C(=O)NCC#N)cnn1-c1ccccc1F. The second-order valence-corrected chi connectivity index (χ2v) is 3.85. The average molecular weight is 258 g/mol. The lowest BCUT2D eigenvalue weighted by Crippen LogP contribution is -2.24. The first-order chi connectivity index (χ1) is 9.15. The largest absolute Gasteiger partial charge is 0.339 e. The number of carbonyl (C=O) groups is 1. The van der Waals surface area contributed by atoms with Crippen molar-refractivity contribution in [3.63, 3.8) is 0 Å². The fraction of sp³-hybridized carbons (Fsp3) is 0.154. The number of benzene rings is 1. The van der Waals surface area contributed by atoms with Gasteiger partial charge in [-0.05, 0) is 19.1 Å². The number of nitrogens with one attached hydrogen (secondary N) is 1. The van der Waals surface area contributed by atoms with Crippen LogP contribution in [-0.2, 0) is 0 Å². The van der Waals surface area contributed by atoms with Gasteiger partial charge in [0.05, 0.1) is 23.5 Å². The monoisotopic (exact) mass is 258 g/mol. The Morgan fingerprint density at radius 3 is 2.95 bits per heavy atom. The summed E-state index contributed by atoms with van der Waals surface area (Å²) in [4.78, 5) is 11.7. The first kappa shape index (κ1) is 12.8. The molecule has 2 aromatic rings. The number of halogens is 1. The van der Waals surface area contributed by atoms with Gasteiger partial charge in [0.15, 0.2) is 0 Å². The molecule has 0 unspecified atom stereocenters. The fourth-order valence-electron chi connectivity index (χ4n) is 1.71. The van der Waals surface area contributed by atoms with Crippen LogP contribution in [0.2, 0.25) is 0 Å². The van der Waals surface area contributed by atoms with E-state index in [0.717, 1.165) is 0 Å². The predicted molar refractivity (Wildman–Crippen MR) is 66.2 cm³/mol. The Labute approximate surface area is 109 Å². The van der Waals surface area contributed by atoms with Crippen LogP contribution in [0.4, 0.5) is 4.39 Å². The van der Waals surface area contributed by atoms with Gasteiger partial charge in [-0.15, -0.1) is 0 Å². The first-order valence-electron chi connectivity index (χ1n) is 5.60. The van der Waals surface area contributed by atoms with Crippen LogP contribution in [0.5, 0.6) is 0 Å². The van der Waals surface area contributed by atoms with Crippen molar-refractivity contribution in [2.24, 2.45) is 0 Å². The van der Waals surface area contributed by atoms with E-state index in [9.17, 15) is 9.18 Å². The number of hydrogen-bond donors (Lipinski definition) is 1. The van der Waals surface area contributed by atoms with Gasteiger partial charge in [-0.3, -0.25) is 4.79 Å². The molecule has 5 nitrogen and oxygen atoms in total. The Morgan fingerprint density at radius 2 is 2.26 bits per heavy atom. The second kappa shape index (κ2) is 5.31. The molecule has 0 aliphatic heterocycles. The number of rotatable bonds is 3. The average Bonchev–Trinajstić information content (AvgIpc) is 2.78. The number of nitrogens with zero attached hydrogens (tertiary/aromatic N) is 3. The molecule has 19 heavy (non-hydrogen) atoms. The Balaban J connectivity index is 2.37. The number of hydrogen-bond acceptors (Lipinski definition) is 3. The van der Waals surface area contributed by atoms with Crippen molar-refractivity contribution in [3.8, 4) is 11.8 Å². The van der Waals surface area contributed by atoms with Crippen molar-refractivity contribution in [2.45, 2.75) is 6.92 Å². The molecule has 0 saturated carbocycles. The Morgan fingerprint density at radius 1 is 1.53 bits per heavy atom. The maximum Gasteiger partial charge on any atom is 0.255 e. The van der Waals surface area contributed by atoms with Crippen LogP contribution < -0.4 is 5.32 Å². The van der Waals surface area contributed by atoms with Crippen LogP contribution in [0.1, 0.15) is 16.1 Å². The smallest absolute Gasteiger partial charge is 0.255 e. The molecule has 0 saturated heterocycles. The zero-order chi connectivity index (χ0) is 13.8. The summed E-state index contributed by atoms with van der Waals surface area (Å²) in [5, 5.41) is 14.8. The van der Waals surface area contributed by atoms with Gasteiger partial charge in [-0.1, -0.05) is 12.1 Å². The van der Waals surface area contributed by atoms with Gasteiger partial charge in [0.25, 0.3) is 5.91 Å². The summed E-state index contributed by atoms with van der Waals surface area (Å²) < 4.78 is 15.0. The zero-order valence-electron chi connectivity index (χ0n) is 10.2. The van der Waals surface area contributed by atoms with Crippen molar-refractivity contribution in [3.05, 3.63) is 47.5 Å². The molecule has 0 aliphatic carbocycles. The number of amides is 1. The predicted octanol–water partition coefficient (Wildman–Crippen LogP) is 1.57. The quantitative estimate of drug-likeness (QED) is 0.849. The van der Waals surface area contributed by atoms with E-state index in [4.69, 9.17) is 5.26 Å². The van der Waals surface area contributed by atoms with Gasteiger partial charge in [-0.2, -0.15) is 10.4 Å². The van der Waals surface area contributed by atoms with Gasteiger partial charge in [0, 0.05) is 0 Å². The van der Waals surface area contributed by atoms with Gasteiger partial charge in [0.2, 0.25) is 0 Å². The molecule has 1 N–H and O–H groups in total. The number of nitriles is 1. The molecule has 0 bridgehead atoms. The van der Waals surface area contributed by atoms with Crippen molar-refractivity contribution >= 4 is 5.91 Å². The zero-order valence-corrected chi connectivity index (χ0v) is 10.2. The Kier molecular flexibility index (Phi) is 3.57. The lowest BCUT2D eigenvalue weighted by molar-refractivity contribution is 0.0958. The number of carbonyl (C=O) groups excluding carboxylic acids is 1. The van der Waals surface area contributed by atoms with Gasteiger partial charge < -0.3 is 5.32 Å². The molecular formula is C13H11FN4O. The molecule has 0 radical (unpaired) electrons. The minimum absolute atomic E-state index is 0.0802. The molecule has 2 rings (SSSR count). The van der Waals surface area contributed by atoms with Crippen LogP contribution >= 0.6 is 0 Å². The second-order valence-electron chi connectivity index (χ2n) is 3.85.